The average molecular weight is 407 g/mol. The first-order chi connectivity index (χ1) is 12.5. The van der Waals surface area contributed by atoms with E-state index in [9.17, 15) is 19.2 Å². The fourth-order valence-electron chi connectivity index (χ4n) is 2.69. The Morgan fingerprint density at radius 2 is 1.48 bits per heavy atom. The predicted molar refractivity (Wildman–Crippen MR) is 91.6 cm³/mol. The Morgan fingerprint density at radius 3 is 1.93 bits per heavy atom. The molecule has 0 aromatic rings. The highest BCUT2D eigenvalue weighted by atomic mass is 35.5. The maximum absolute atomic E-state index is 11.6. The lowest BCUT2D eigenvalue weighted by molar-refractivity contribution is -0.263. The molecule has 1 saturated heterocycles. The molecule has 1 heterocycles. The molecule has 0 amide bonds. The molecule has 0 spiro atoms. The van der Waals surface area contributed by atoms with Crippen molar-refractivity contribution in [2.24, 2.45) is 0 Å². The quantitative estimate of drug-likeness (QED) is 0.266. The van der Waals surface area contributed by atoms with E-state index in [0.717, 1.165) is 20.8 Å². The van der Waals surface area contributed by atoms with Crippen molar-refractivity contribution in [3.05, 3.63) is 12.7 Å². The summed E-state index contributed by atoms with van der Waals surface area (Å²) < 4.78 is 26.4. The molecular formula is C17H23ClO9. The standard InChI is InChI=1S/C17H23ClO9/c1-6-7-17(18)16(26-12(5)22)15(25-11(4)21)14(24-10(3)20)13(27-17)8-23-9(2)19/h6,13-16H,1,7-8H2,2-5H3/t13-,14+,15+,16-,17+/m1/s1. The van der Waals surface area contributed by atoms with E-state index in [-0.39, 0.29) is 13.0 Å². The van der Waals surface area contributed by atoms with Crippen LogP contribution in [-0.4, -0.2) is 60.0 Å². The molecule has 10 heteroatoms. The molecule has 152 valence electrons. The Balaban J connectivity index is 3.38. The summed E-state index contributed by atoms with van der Waals surface area (Å²) in [4.78, 5) is 45.9. The van der Waals surface area contributed by atoms with E-state index in [1.807, 2.05) is 0 Å². The second kappa shape index (κ2) is 9.70. The third-order valence-electron chi connectivity index (χ3n) is 3.53. The van der Waals surface area contributed by atoms with Crippen molar-refractivity contribution in [2.75, 3.05) is 6.61 Å². The maximum Gasteiger partial charge on any atom is 0.303 e. The molecule has 1 aliphatic heterocycles. The van der Waals surface area contributed by atoms with Crippen molar-refractivity contribution in [1.82, 2.24) is 0 Å². The summed E-state index contributed by atoms with van der Waals surface area (Å²) in [7, 11) is 0. The monoisotopic (exact) mass is 406 g/mol. The molecule has 27 heavy (non-hydrogen) atoms. The van der Waals surface area contributed by atoms with E-state index in [1.54, 1.807) is 0 Å². The first-order valence-electron chi connectivity index (χ1n) is 8.12. The smallest absolute Gasteiger partial charge is 0.303 e. The van der Waals surface area contributed by atoms with Crippen LogP contribution >= 0.6 is 11.6 Å². The van der Waals surface area contributed by atoms with Gasteiger partial charge >= 0.3 is 23.9 Å². The second-order valence-corrected chi connectivity index (χ2v) is 6.56. The van der Waals surface area contributed by atoms with Crippen molar-refractivity contribution in [3.8, 4) is 0 Å². The van der Waals surface area contributed by atoms with Crippen molar-refractivity contribution >= 4 is 35.5 Å². The molecule has 0 aromatic heterocycles. The predicted octanol–water partition coefficient (Wildman–Crippen LogP) is 1.25. The van der Waals surface area contributed by atoms with Gasteiger partial charge in [-0.25, -0.2) is 0 Å². The van der Waals surface area contributed by atoms with Gasteiger partial charge < -0.3 is 23.7 Å². The van der Waals surface area contributed by atoms with Crippen LogP contribution < -0.4 is 0 Å². The summed E-state index contributed by atoms with van der Waals surface area (Å²) in [5, 5.41) is -1.69. The Morgan fingerprint density at radius 1 is 0.963 bits per heavy atom. The number of carbonyl (C=O) groups is 4. The Hall–Kier alpha value is -2.13. The first kappa shape index (κ1) is 22.9. The molecule has 0 aliphatic carbocycles. The Bertz CT molecular complexity index is 605. The van der Waals surface area contributed by atoms with Crippen molar-refractivity contribution in [1.29, 1.82) is 0 Å². The van der Waals surface area contributed by atoms with Gasteiger partial charge in [-0.15, -0.1) is 6.58 Å². The topological polar surface area (TPSA) is 114 Å². The van der Waals surface area contributed by atoms with Gasteiger partial charge in [0, 0.05) is 34.1 Å². The van der Waals surface area contributed by atoms with Crippen LogP contribution in [-0.2, 0) is 42.9 Å². The summed E-state index contributed by atoms with van der Waals surface area (Å²) in [6, 6.07) is 0. The van der Waals surface area contributed by atoms with Gasteiger partial charge in [0.2, 0.25) is 0 Å². The van der Waals surface area contributed by atoms with Crippen LogP contribution in [0, 0.1) is 0 Å². The van der Waals surface area contributed by atoms with Gasteiger partial charge in [-0.2, -0.15) is 0 Å². The Labute approximate surface area is 161 Å². The molecule has 1 aliphatic rings. The van der Waals surface area contributed by atoms with Gasteiger partial charge in [-0.3, -0.25) is 19.2 Å². The number of carbonyl (C=O) groups excluding carboxylic acids is 4. The lowest BCUT2D eigenvalue weighted by Crippen LogP contribution is -2.66. The second-order valence-electron chi connectivity index (χ2n) is 5.92. The minimum atomic E-state index is -1.69. The highest BCUT2D eigenvalue weighted by Gasteiger charge is 2.58. The Kier molecular flexibility index (Phi) is 8.23. The molecule has 1 fully saturated rings. The molecule has 1 rings (SSSR count). The maximum atomic E-state index is 11.6. The summed E-state index contributed by atoms with van der Waals surface area (Å²) in [5.41, 5.74) is 0. The summed E-state index contributed by atoms with van der Waals surface area (Å²) in [5.74, 6) is -2.74. The zero-order valence-electron chi connectivity index (χ0n) is 15.6. The van der Waals surface area contributed by atoms with E-state index < -0.39 is 53.4 Å². The molecule has 0 bridgehead atoms. The minimum absolute atomic E-state index is 0.00632. The largest absolute Gasteiger partial charge is 0.463 e. The van der Waals surface area contributed by atoms with Crippen molar-refractivity contribution in [3.63, 3.8) is 0 Å². The lowest BCUT2D eigenvalue weighted by Gasteiger charge is -2.48. The van der Waals surface area contributed by atoms with Crippen LogP contribution in [0.1, 0.15) is 34.1 Å². The first-order valence-corrected chi connectivity index (χ1v) is 8.50. The molecule has 9 nitrogen and oxygen atoms in total. The van der Waals surface area contributed by atoms with Crippen LogP contribution in [0.3, 0.4) is 0 Å². The number of alkyl halides is 1. The van der Waals surface area contributed by atoms with Crippen molar-refractivity contribution in [2.45, 2.75) is 63.6 Å². The summed E-state index contributed by atoms with van der Waals surface area (Å²) >= 11 is 6.53. The molecule has 0 N–H and O–H groups in total. The molecule has 0 radical (unpaired) electrons. The number of halogens is 1. The van der Waals surface area contributed by atoms with Crippen LogP contribution in [0.5, 0.6) is 0 Å². The normalized spacial score (nSPS) is 30.0. The van der Waals surface area contributed by atoms with Crippen LogP contribution in [0.4, 0.5) is 0 Å². The molecule has 0 saturated carbocycles. The minimum Gasteiger partial charge on any atom is -0.463 e. The third kappa shape index (κ3) is 6.51. The molecule has 5 atom stereocenters. The lowest BCUT2D eigenvalue weighted by atomic mass is 9.92. The summed E-state index contributed by atoms with van der Waals surface area (Å²) in [6.07, 6.45) is -3.49. The summed E-state index contributed by atoms with van der Waals surface area (Å²) in [6.45, 7) is 7.85. The number of esters is 4. The van der Waals surface area contributed by atoms with Crippen LogP contribution in [0.15, 0.2) is 12.7 Å². The van der Waals surface area contributed by atoms with E-state index >= 15 is 0 Å². The van der Waals surface area contributed by atoms with Gasteiger partial charge in [0.05, 0.1) is 0 Å². The van der Waals surface area contributed by atoms with Crippen LogP contribution in [0.2, 0.25) is 0 Å². The zero-order valence-corrected chi connectivity index (χ0v) is 16.3. The fourth-order valence-corrected chi connectivity index (χ4v) is 3.09. The molecule has 0 aromatic carbocycles. The SMILES string of the molecule is C=CC[C@]1(Cl)O[C@H](COC(C)=O)[C@H](OC(C)=O)[C@H](OC(C)=O)[C@H]1OC(C)=O. The third-order valence-corrected chi connectivity index (χ3v) is 3.99. The highest BCUT2D eigenvalue weighted by Crippen LogP contribution is 2.41. The number of hydrogen-bond donors (Lipinski definition) is 0. The van der Waals surface area contributed by atoms with Gasteiger partial charge in [0.1, 0.15) is 12.7 Å². The van der Waals surface area contributed by atoms with E-state index in [4.69, 9.17) is 35.3 Å². The fraction of sp³-hybridized carbons (Fsp3) is 0.647. The van der Waals surface area contributed by atoms with Crippen molar-refractivity contribution < 1.29 is 42.9 Å². The van der Waals surface area contributed by atoms with Gasteiger partial charge in [-0.05, 0) is 0 Å². The average Bonchev–Trinajstić information content (AvgIpc) is 2.51. The molecular weight excluding hydrogens is 384 g/mol. The molecule has 0 unspecified atom stereocenters. The highest BCUT2D eigenvalue weighted by molar-refractivity contribution is 6.23. The van der Waals surface area contributed by atoms with Crippen LogP contribution in [0.25, 0.3) is 0 Å². The number of hydrogen-bond acceptors (Lipinski definition) is 9. The van der Waals surface area contributed by atoms with E-state index in [2.05, 4.69) is 6.58 Å². The van der Waals surface area contributed by atoms with E-state index in [0.29, 0.717) is 0 Å². The van der Waals surface area contributed by atoms with Gasteiger partial charge in [-0.1, -0.05) is 17.7 Å². The van der Waals surface area contributed by atoms with Gasteiger partial charge in [0.15, 0.2) is 23.4 Å². The van der Waals surface area contributed by atoms with E-state index in [1.165, 1.54) is 13.0 Å². The van der Waals surface area contributed by atoms with Gasteiger partial charge in [0.25, 0.3) is 0 Å². The zero-order chi connectivity index (χ0) is 20.8. The number of rotatable bonds is 7. The number of ether oxygens (including phenoxy) is 5.